The van der Waals surface area contributed by atoms with Gasteiger partial charge in [0.25, 0.3) is 5.91 Å². The van der Waals surface area contributed by atoms with E-state index < -0.39 is 5.91 Å². The number of aryl methyl sites for hydroxylation is 2. The number of halogens is 1. The van der Waals surface area contributed by atoms with Crippen molar-refractivity contribution in [1.29, 1.82) is 5.26 Å². The minimum atomic E-state index is -0.493. The molecular formula is C26H23ClN2O3. The first-order valence-electron chi connectivity index (χ1n) is 9.96. The number of nitrogens with one attached hydrogen (secondary N) is 1. The molecule has 1 amide bonds. The zero-order chi connectivity index (χ0) is 23.1. The third-order valence-electron chi connectivity index (χ3n) is 4.86. The number of anilines is 1. The molecule has 1 N–H and O–H groups in total. The molecule has 0 saturated heterocycles. The van der Waals surface area contributed by atoms with E-state index in [1.165, 1.54) is 6.08 Å². The maximum atomic E-state index is 12.8. The van der Waals surface area contributed by atoms with Gasteiger partial charge in [0.1, 0.15) is 29.7 Å². The van der Waals surface area contributed by atoms with Gasteiger partial charge in [0.15, 0.2) is 0 Å². The van der Waals surface area contributed by atoms with Gasteiger partial charge in [0, 0.05) is 27.9 Å². The topological polar surface area (TPSA) is 71.3 Å². The highest BCUT2D eigenvalue weighted by Gasteiger charge is 2.14. The van der Waals surface area contributed by atoms with E-state index in [1.807, 2.05) is 56.3 Å². The highest BCUT2D eigenvalue weighted by atomic mass is 35.5. The number of ether oxygens (including phenoxy) is 2. The van der Waals surface area contributed by atoms with Crippen LogP contribution in [0.5, 0.6) is 11.5 Å². The summed E-state index contributed by atoms with van der Waals surface area (Å²) in [6.07, 6.45) is 1.50. The van der Waals surface area contributed by atoms with Crippen LogP contribution in [0.15, 0.2) is 66.2 Å². The molecule has 0 saturated carbocycles. The molecule has 0 spiro atoms. The molecule has 162 valence electrons. The third-order valence-corrected chi connectivity index (χ3v) is 5.23. The van der Waals surface area contributed by atoms with Crippen LogP contribution in [0.3, 0.4) is 0 Å². The summed E-state index contributed by atoms with van der Waals surface area (Å²) in [5.41, 5.74) is 4.02. The summed E-state index contributed by atoms with van der Waals surface area (Å²) >= 11 is 6.22. The van der Waals surface area contributed by atoms with Crippen LogP contribution in [-0.4, -0.2) is 13.0 Å². The number of nitriles is 1. The molecule has 0 aliphatic heterocycles. The number of methoxy groups -OCH3 is 1. The second-order valence-corrected chi connectivity index (χ2v) is 7.63. The fraction of sp³-hybridized carbons (Fsp3) is 0.154. The SMILES string of the molecule is COc1ccc(/C=C(\C#N)C(=O)Nc2ccc(C)cc2C)c(OCc2ccccc2Cl)c1. The Morgan fingerprint density at radius 2 is 1.91 bits per heavy atom. The number of hydrogen-bond acceptors (Lipinski definition) is 4. The van der Waals surface area contributed by atoms with Crippen molar-refractivity contribution in [3.8, 4) is 17.6 Å². The molecule has 3 aromatic rings. The van der Waals surface area contributed by atoms with Crippen molar-refractivity contribution in [2.75, 3.05) is 12.4 Å². The zero-order valence-electron chi connectivity index (χ0n) is 18.1. The summed E-state index contributed by atoms with van der Waals surface area (Å²) in [6, 6.07) is 20.2. The van der Waals surface area contributed by atoms with Gasteiger partial charge in [-0.15, -0.1) is 0 Å². The first-order valence-corrected chi connectivity index (χ1v) is 10.3. The Morgan fingerprint density at radius 1 is 1.12 bits per heavy atom. The number of carbonyl (C=O) groups excluding carboxylic acids is 1. The lowest BCUT2D eigenvalue weighted by atomic mass is 10.1. The summed E-state index contributed by atoms with van der Waals surface area (Å²) in [6.45, 7) is 4.11. The number of carbonyl (C=O) groups is 1. The summed E-state index contributed by atoms with van der Waals surface area (Å²) in [5.74, 6) is 0.568. The molecule has 0 aliphatic carbocycles. The van der Waals surface area contributed by atoms with Crippen LogP contribution in [0.2, 0.25) is 5.02 Å². The van der Waals surface area contributed by atoms with Crippen molar-refractivity contribution in [3.05, 3.63) is 93.5 Å². The molecule has 0 radical (unpaired) electrons. The number of amides is 1. The summed E-state index contributed by atoms with van der Waals surface area (Å²) in [4.78, 5) is 12.8. The third kappa shape index (κ3) is 5.69. The minimum absolute atomic E-state index is 0.0438. The minimum Gasteiger partial charge on any atom is -0.497 e. The highest BCUT2D eigenvalue weighted by Crippen LogP contribution is 2.29. The van der Waals surface area contributed by atoms with Gasteiger partial charge >= 0.3 is 0 Å². The second kappa shape index (κ2) is 10.5. The molecule has 0 fully saturated rings. The average molecular weight is 447 g/mol. The summed E-state index contributed by atoms with van der Waals surface area (Å²) < 4.78 is 11.3. The second-order valence-electron chi connectivity index (χ2n) is 7.23. The molecule has 32 heavy (non-hydrogen) atoms. The molecule has 0 aromatic heterocycles. The van der Waals surface area contributed by atoms with Crippen molar-refractivity contribution in [1.82, 2.24) is 0 Å². The van der Waals surface area contributed by atoms with Gasteiger partial charge in [-0.05, 0) is 49.8 Å². The van der Waals surface area contributed by atoms with E-state index in [4.69, 9.17) is 21.1 Å². The van der Waals surface area contributed by atoms with E-state index in [2.05, 4.69) is 5.32 Å². The van der Waals surface area contributed by atoms with E-state index in [0.717, 1.165) is 16.7 Å². The molecule has 0 atom stereocenters. The van der Waals surface area contributed by atoms with Gasteiger partial charge in [0.2, 0.25) is 0 Å². The van der Waals surface area contributed by atoms with E-state index >= 15 is 0 Å². The van der Waals surface area contributed by atoms with Crippen molar-refractivity contribution >= 4 is 29.3 Å². The normalized spacial score (nSPS) is 10.9. The summed E-state index contributed by atoms with van der Waals surface area (Å²) in [7, 11) is 1.56. The zero-order valence-corrected chi connectivity index (χ0v) is 18.9. The highest BCUT2D eigenvalue weighted by molar-refractivity contribution is 6.31. The summed E-state index contributed by atoms with van der Waals surface area (Å²) in [5, 5.41) is 13.0. The van der Waals surface area contributed by atoms with Crippen LogP contribution in [-0.2, 0) is 11.4 Å². The van der Waals surface area contributed by atoms with Crippen molar-refractivity contribution in [2.45, 2.75) is 20.5 Å². The molecule has 0 aliphatic rings. The van der Waals surface area contributed by atoms with Crippen LogP contribution >= 0.6 is 11.6 Å². The van der Waals surface area contributed by atoms with Gasteiger partial charge in [0.05, 0.1) is 7.11 Å². The van der Waals surface area contributed by atoms with Crippen molar-refractivity contribution in [2.24, 2.45) is 0 Å². The number of benzene rings is 3. The van der Waals surface area contributed by atoms with E-state index in [1.54, 1.807) is 31.4 Å². The monoisotopic (exact) mass is 446 g/mol. The number of hydrogen-bond donors (Lipinski definition) is 1. The molecule has 5 nitrogen and oxygen atoms in total. The van der Waals surface area contributed by atoms with Crippen LogP contribution in [0, 0.1) is 25.2 Å². The van der Waals surface area contributed by atoms with E-state index in [0.29, 0.717) is 27.8 Å². The molecule has 3 aromatic carbocycles. The molecule has 6 heteroatoms. The van der Waals surface area contributed by atoms with Gasteiger partial charge in [-0.2, -0.15) is 5.26 Å². The Morgan fingerprint density at radius 3 is 2.59 bits per heavy atom. The average Bonchev–Trinajstić information content (AvgIpc) is 2.79. The Kier molecular flexibility index (Phi) is 7.54. The van der Waals surface area contributed by atoms with Crippen molar-refractivity contribution < 1.29 is 14.3 Å². The Bertz CT molecular complexity index is 1210. The van der Waals surface area contributed by atoms with Crippen LogP contribution < -0.4 is 14.8 Å². The number of nitrogens with zero attached hydrogens (tertiary/aromatic N) is 1. The molecule has 0 heterocycles. The lowest BCUT2D eigenvalue weighted by Gasteiger charge is -2.13. The Labute approximate surface area is 192 Å². The van der Waals surface area contributed by atoms with Gasteiger partial charge in [-0.3, -0.25) is 4.79 Å². The Hall–Kier alpha value is -3.75. The number of rotatable bonds is 7. The van der Waals surface area contributed by atoms with Gasteiger partial charge < -0.3 is 14.8 Å². The van der Waals surface area contributed by atoms with Crippen LogP contribution in [0.1, 0.15) is 22.3 Å². The Balaban J connectivity index is 1.88. The molecule has 3 rings (SSSR count). The maximum absolute atomic E-state index is 12.8. The quantitative estimate of drug-likeness (QED) is 0.352. The predicted molar refractivity (Wildman–Crippen MR) is 127 cm³/mol. The van der Waals surface area contributed by atoms with Gasteiger partial charge in [-0.25, -0.2) is 0 Å². The van der Waals surface area contributed by atoms with Crippen LogP contribution in [0.25, 0.3) is 6.08 Å². The first kappa shape index (κ1) is 22.9. The van der Waals surface area contributed by atoms with E-state index in [9.17, 15) is 10.1 Å². The lowest BCUT2D eigenvalue weighted by Crippen LogP contribution is -2.14. The largest absolute Gasteiger partial charge is 0.497 e. The van der Waals surface area contributed by atoms with E-state index in [-0.39, 0.29) is 12.2 Å². The van der Waals surface area contributed by atoms with Gasteiger partial charge in [-0.1, -0.05) is 47.5 Å². The molecule has 0 unspecified atom stereocenters. The lowest BCUT2D eigenvalue weighted by molar-refractivity contribution is -0.112. The maximum Gasteiger partial charge on any atom is 0.266 e. The fourth-order valence-corrected chi connectivity index (χ4v) is 3.29. The molecule has 0 bridgehead atoms. The first-order chi connectivity index (χ1) is 15.4. The smallest absolute Gasteiger partial charge is 0.266 e. The van der Waals surface area contributed by atoms with Crippen molar-refractivity contribution in [3.63, 3.8) is 0 Å². The fourth-order valence-electron chi connectivity index (χ4n) is 3.10. The van der Waals surface area contributed by atoms with Crippen LogP contribution in [0.4, 0.5) is 5.69 Å². The predicted octanol–water partition coefficient (Wildman–Crippen LogP) is 6.09. The molecular weight excluding hydrogens is 424 g/mol. The standard InChI is InChI=1S/C26H23ClN2O3/c1-17-8-11-24(18(2)12-17)29-26(30)21(15-28)13-19-9-10-22(31-3)14-25(19)32-16-20-6-4-5-7-23(20)27/h4-14H,16H2,1-3H3,(H,29,30)/b21-13+.